The normalized spacial score (nSPS) is 15.1. The Bertz CT molecular complexity index is 456. The van der Waals surface area contributed by atoms with E-state index in [2.05, 4.69) is 12.2 Å². The van der Waals surface area contributed by atoms with Crippen LogP contribution in [0.15, 0.2) is 24.3 Å². The number of nitrogens with zero attached hydrogens (tertiary/aromatic N) is 2. The van der Waals surface area contributed by atoms with Crippen molar-refractivity contribution in [1.29, 1.82) is 0 Å². The van der Waals surface area contributed by atoms with Gasteiger partial charge in [0.25, 0.3) is 0 Å². The van der Waals surface area contributed by atoms with Gasteiger partial charge in [-0.3, -0.25) is 0 Å². The molecule has 96 valence electrons. The fourth-order valence-electron chi connectivity index (χ4n) is 1.85. The summed E-state index contributed by atoms with van der Waals surface area (Å²) in [5, 5.41) is 2.73. The lowest BCUT2D eigenvalue weighted by Gasteiger charge is -2.15. The van der Waals surface area contributed by atoms with E-state index in [1.54, 1.807) is 7.05 Å². The molecule has 0 spiro atoms. The van der Waals surface area contributed by atoms with Crippen LogP contribution in [0.2, 0.25) is 0 Å². The molecule has 1 aromatic rings. The molecule has 4 amide bonds. The molecule has 0 saturated carbocycles. The van der Waals surface area contributed by atoms with E-state index in [9.17, 15) is 9.59 Å². The first-order valence-corrected chi connectivity index (χ1v) is 6.04. The highest BCUT2D eigenvalue weighted by Gasteiger charge is 2.30. The van der Waals surface area contributed by atoms with Crippen LogP contribution in [0, 0.1) is 0 Å². The number of amides is 4. The number of benzene rings is 1. The van der Waals surface area contributed by atoms with Crippen LogP contribution < -0.4 is 5.32 Å². The maximum atomic E-state index is 11.9. The molecule has 2 rings (SSSR count). The molecule has 0 aromatic heterocycles. The molecule has 0 aliphatic carbocycles. The zero-order chi connectivity index (χ0) is 13.1. The predicted octanol–water partition coefficient (Wildman–Crippen LogP) is 2.15. The van der Waals surface area contributed by atoms with Crippen LogP contribution in [0.3, 0.4) is 0 Å². The SMILES string of the molecule is CCc1ccc(NC(=O)N2CCN(C)C2=O)cc1. The third-order valence-corrected chi connectivity index (χ3v) is 3.08. The zero-order valence-electron chi connectivity index (χ0n) is 10.6. The van der Waals surface area contributed by atoms with Crippen molar-refractivity contribution in [2.45, 2.75) is 13.3 Å². The molecule has 0 atom stereocenters. The van der Waals surface area contributed by atoms with Crippen molar-refractivity contribution in [2.24, 2.45) is 0 Å². The second-order valence-corrected chi connectivity index (χ2v) is 4.34. The number of carbonyl (C=O) groups excluding carboxylic acids is 2. The standard InChI is InChI=1S/C13H17N3O2/c1-3-10-4-6-11(7-5-10)14-12(17)16-9-8-15(2)13(16)18/h4-7H,3,8-9H2,1-2H3,(H,14,17). The fourth-order valence-corrected chi connectivity index (χ4v) is 1.85. The number of anilines is 1. The Labute approximate surface area is 106 Å². The number of nitrogens with one attached hydrogen (secondary N) is 1. The molecule has 1 aliphatic rings. The van der Waals surface area contributed by atoms with Crippen LogP contribution >= 0.6 is 0 Å². The highest BCUT2D eigenvalue weighted by Crippen LogP contribution is 2.13. The van der Waals surface area contributed by atoms with Crippen molar-refractivity contribution in [3.8, 4) is 0 Å². The zero-order valence-corrected chi connectivity index (χ0v) is 10.6. The number of urea groups is 2. The number of rotatable bonds is 2. The van der Waals surface area contributed by atoms with Crippen molar-refractivity contribution in [3.05, 3.63) is 29.8 Å². The second kappa shape index (κ2) is 5.08. The Balaban J connectivity index is 2.00. The molecule has 1 saturated heterocycles. The van der Waals surface area contributed by atoms with E-state index >= 15 is 0 Å². The molecule has 1 heterocycles. The summed E-state index contributed by atoms with van der Waals surface area (Å²) < 4.78 is 0. The molecule has 0 bridgehead atoms. The van der Waals surface area contributed by atoms with Gasteiger partial charge < -0.3 is 10.2 Å². The van der Waals surface area contributed by atoms with E-state index in [-0.39, 0.29) is 12.1 Å². The molecule has 18 heavy (non-hydrogen) atoms. The number of likely N-dealkylation sites (N-methyl/N-ethyl adjacent to an activating group) is 1. The topological polar surface area (TPSA) is 52.7 Å². The van der Waals surface area contributed by atoms with Gasteiger partial charge >= 0.3 is 12.1 Å². The quantitative estimate of drug-likeness (QED) is 0.870. The van der Waals surface area contributed by atoms with Crippen LogP contribution in [0.5, 0.6) is 0 Å². The summed E-state index contributed by atoms with van der Waals surface area (Å²) in [4.78, 5) is 26.3. The number of hydrogen-bond donors (Lipinski definition) is 1. The summed E-state index contributed by atoms with van der Waals surface area (Å²) in [7, 11) is 1.69. The van der Waals surface area contributed by atoms with Gasteiger partial charge in [0.15, 0.2) is 0 Å². The average Bonchev–Trinajstić information content (AvgIpc) is 2.71. The Morgan fingerprint density at radius 3 is 2.44 bits per heavy atom. The van der Waals surface area contributed by atoms with Crippen LogP contribution in [-0.4, -0.2) is 42.0 Å². The Morgan fingerprint density at radius 2 is 1.94 bits per heavy atom. The minimum Gasteiger partial charge on any atom is -0.326 e. The summed E-state index contributed by atoms with van der Waals surface area (Å²) in [5.74, 6) is 0. The highest BCUT2D eigenvalue weighted by atomic mass is 16.2. The first-order valence-electron chi connectivity index (χ1n) is 6.04. The van der Waals surface area contributed by atoms with Gasteiger partial charge in [0.05, 0.1) is 0 Å². The number of imide groups is 1. The minimum absolute atomic E-state index is 0.252. The van der Waals surface area contributed by atoms with E-state index < -0.39 is 0 Å². The van der Waals surface area contributed by atoms with Crippen molar-refractivity contribution in [3.63, 3.8) is 0 Å². The summed E-state index contributed by atoms with van der Waals surface area (Å²) in [5.41, 5.74) is 1.92. The maximum Gasteiger partial charge on any atom is 0.330 e. The lowest BCUT2D eigenvalue weighted by Crippen LogP contribution is -2.37. The molecular formula is C13H17N3O2. The Kier molecular flexibility index (Phi) is 3.50. The maximum absolute atomic E-state index is 11.9. The molecule has 0 radical (unpaired) electrons. The number of hydrogen-bond acceptors (Lipinski definition) is 2. The van der Waals surface area contributed by atoms with Crippen LogP contribution in [0.25, 0.3) is 0 Å². The van der Waals surface area contributed by atoms with Gasteiger partial charge in [-0.05, 0) is 24.1 Å². The monoisotopic (exact) mass is 247 g/mol. The van der Waals surface area contributed by atoms with E-state index in [4.69, 9.17) is 0 Å². The first-order chi connectivity index (χ1) is 8.61. The van der Waals surface area contributed by atoms with Crippen molar-refractivity contribution >= 4 is 17.7 Å². The first kappa shape index (κ1) is 12.4. The van der Waals surface area contributed by atoms with E-state index in [1.165, 1.54) is 15.4 Å². The van der Waals surface area contributed by atoms with Crippen molar-refractivity contribution < 1.29 is 9.59 Å². The third-order valence-electron chi connectivity index (χ3n) is 3.08. The second-order valence-electron chi connectivity index (χ2n) is 4.34. The van der Waals surface area contributed by atoms with Gasteiger partial charge in [-0.1, -0.05) is 19.1 Å². The largest absolute Gasteiger partial charge is 0.330 e. The van der Waals surface area contributed by atoms with Crippen LogP contribution in [0.4, 0.5) is 15.3 Å². The molecule has 1 aromatic carbocycles. The highest BCUT2D eigenvalue weighted by molar-refractivity contribution is 6.01. The Hall–Kier alpha value is -2.04. The van der Waals surface area contributed by atoms with E-state index in [1.807, 2.05) is 24.3 Å². The minimum atomic E-state index is -0.367. The van der Waals surface area contributed by atoms with Crippen LogP contribution in [-0.2, 0) is 6.42 Å². The summed E-state index contributed by atoms with van der Waals surface area (Å²) in [6, 6.07) is 7.01. The smallest absolute Gasteiger partial charge is 0.326 e. The van der Waals surface area contributed by atoms with Gasteiger partial charge in [0.1, 0.15) is 0 Å². The van der Waals surface area contributed by atoms with Crippen molar-refractivity contribution in [1.82, 2.24) is 9.80 Å². The van der Waals surface area contributed by atoms with E-state index in [0.717, 1.165) is 6.42 Å². The van der Waals surface area contributed by atoms with Gasteiger partial charge in [0.2, 0.25) is 0 Å². The number of aryl methyl sites for hydroxylation is 1. The molecule has 1 aliphatic heterocycles. The summed E-state index contributed by atoms with van der Waals surface area (Å²) in [6.07, 6.45) is 0.962. The molecular weight excluding hydrogens is 230 g/mol. The van der Waals surface area contributed by atoms with Crippen LogP contribution in [0.1, 0.15) is 12.5 Å². The molecule has 5 nitrogen and oxygen atoms in total. The van der Waals surface area contributed by atoms with Gasteiger partial charge in [0, 0.05) is 25.8 Å². The third kappa shape index (κ3) is 2.45. The lowest BCUT2D eigenvalue weighted by molar-refractivity contribution is 0.195. The molecule has 5 heteroatoms. The van der Waals surface area contributed by atoms with Gasteiger partial charge in [-0.25, -0.2) is 14.5 Å². The molecule has 0 unspecified atom stereocenters. The van der Waals surface area contributed by atoms with Crippen molar-refractivity contribution in [2.75, 3.05) is 25.5 Å². The molecule has 1 N–H and O–H groups in total. The Morgan fingerprint density at radius 1 is 1.28 bits per heavy atom. The van der Waals surface area contributed by atoms with Gasteiger partial charge in [-0.15, -0.1) is 0 Å². The lowest BCUT2D eigenvalue weighted by atomic mass is 10.1. The average molecular weight is 247 g/mol. The number of carbonyl (C=O) groups is 2. The molecule has 1 fully saturated rings. The van der Waals surface area contributed by atoms with E-state index in [0.29, 0.717) is 18.8 Å². The summed E-state index contributed by atoms with van der Waals surface area (Å²) >= 11 is 0. The van der Waals surface area contributed by atoms with Gasteiger partial charge in [-0.2, -0.15) is 0 Å². The summed E-state index contributed by atoms with van der Waals surface area (Å²) in [6.45, 7) is 3.10. The predicted molar refractivity (Wildman–Crippen MR) is 69.6 cm³/mol. The fraction of sp³-hybridized carbons (Fsp3) is 0.385.